The van der Waals surface area contributed by atoms with Gasteiger partial charge in [0.15, 0.2) is 11.6 Å². The molecule has 6 heteroatoms. The highest BCUT2D eigenvalue weighted by Crippen LogP contribution is 2.22. The van der Waals surface area contributed by atoms with E-state index < -0.39 is 23.6 Å². The van der Waals surface area contributed by atoms with Crippen molar-refractivity contribution in [3.05, 3.63) is 35.4 Å². The third-order valence-electron chi connectivity index (χ3n) is 2.95. The number of amides is 1. The Morgan fingerprint density at radius 1 is 1.39 bits per heavy atom. The molecule has 2 rings (SSSR count). The quantitative estimate of drug-likeness (QED) is 0.891. The lowest BCUT2D eigenvalue weighted by Gasteiger charge is -2.21. The Morgan fingerprint density at radius 3 is 2.72 bits per heavy atom. The molecule has 1 aliphatic heterocycles. The minimum atomic E-state index is -1.08. The number of carboxylic acid groups (broad SMARTS) is 1. The van der Waals surface area contributed by atoms with Crippen molar-refractivity contribution < 1.29 is 23.5 Å². The van der Waals surface area contributed by atoms with Gasteiger partial charge in [0.05, 0.1) is 0 Å². The van der Waals surface area contributed by atoms with Crippen molar-refractivity contribution in [1.29, 1.82) is 0 Å². The Kier molecular flexibility index (Phi) is 3.27. The van der Waals surface area contributed by atoms with Gasteiger partial charge in [-0.05, 0) is 24.1 Å². The van der Waals surface area contributed by atoms with Gasteiger partial charge in [0, 0.05) is 13.0 Å². The summed E-state index contributed by atoms with van der Waals surface area (Å²) in [6.07, 6.45) is 0.415. The van der Waals surface area contributed by atoms with E-state index in [2.05, 4.69) is 0 Å². The number of carboxylic acids is 1. The van der Waals surface area contributed by atoms with E-state index in [1.54, 1.807) is 0 Å². The van der Waals surface area contributed by atoms with Gasteiger partial charge in [0.1, 0.15) is 6.04 Å². The number of aliphatic carboxylic acids is 1. The lowest BCUT2D eigenvalue weighted by Crippen LogP contribution is -2.37. The lowest BCUT2D eigenvalue weighted by atomic mass is 10.1. The molecule has 0 bridgehead atoms. The molecule has 96 valence electrons. The highest BCUT2D eigenvalue weighted by Gasteiger charge is 2.35. The van der Waals surface area contributed by atoms with Crippen LogP contribution in [0.2, 0.25) is 0 Å². The first kappa shape index (κ1) is 12.5. The first-order chi connectivity index (χ1) is 8.49. The second kappa shape index (κ2) is 4.72. The molecule has 1 aliphatic rings. The predicted octanol–water partition coefficient (Wildman–Crippen LogP) is 1.54. The third kappa shape index (κ3) is 2.32. The highest BCUT2D eigenvalue weighted by atomic mass is 19.2. The summed E-state index contributed by atoms with van der Waals surface area (Å²) in [6.45, 7) is -0.0208. The molecule has 1 heterocycles. The van der Waals surface area contributed by atoms with E-state index in [-0.39, 0.29) is 25.3 Å². The average Bonchev–Trinajstić information content (AvgIpc) is 2.66. The van der Waals surface area contributed by atoms with Crippen LogP contribution >= 0.6 is 0 Å². The van der Waals surface area contributed by atoms with Crippen LogP contribution in [0.4, 0.5) is 8.78 Å². The van der Waals surface area contributed by atoms with Crippen molar-refractivity contribution >= 4 is 11.9 Å². The van der Waals surface area contributed by atoms with Crippen molar-refractivity contribution in [3.63, 3.8) is 0 Å². The Hall–Kier alpha value is -1.98. The fourth-order valence-electron chi connectivity index (χ4n) is 2.02. The molecule has 1 saturated heterocycles. The molecule has 0 saturated carbocycles. The first-order valence-corrected chi connectivity index (χ1v) is 5.45. The van der Waals surface area contributed by atoms with E-state index in [0.717, 1.165) is 12.1 Å². The van der Waals surface area contributed by atoms with E-state index >= 15 is 0 Å². The molecule has 1 aromatic carbocycles. The minimum Gasteiger partial charge on any atom is -0.480 e. The molecule has 1 aromatic rings. The molecule has 1 atom stereocenters. The molecule has 1 fully saturated rings. The number of nitrogens with zero attached hydrogens (tertiary/aromatic N) is 1. The molecule has 4 nitrogen and oxygen atoms in total. The van der Waals surface area contributed by atoms with Gasteiger partial charge in [0.25, 0.3) is 0 Å². The largest absolute Gasteiger partial charge is 0.480 e. The monoisotopic (exact) mass is 255 g/mol. The Bertz CT molecular complexity index is 504. The van der Waals surface area contributed by atoms with Crippen LogP contribution in [0.25, 0.3) is 0 Å². The van der Waals surface area contributed by atoms with Gasteiger partial charge in [-0.1, -0.05) is 6.07 Å². The van der Waals surface area contributed by atoms with Crippen LogP contribution in [0, 0.1) is 11.6 Å². The van der Waals surface area contributed by atoms with E-state index in [4.69, 9.17) is 5.11 Å². The van der Waals surface area contributed by atoms with Crippen LogP contribution in [-0.2, 0) is 16.1 Å². The Balaban J connectivity index is 2.18. The number of rotatable bonds is 3. The van der Waals surface area contributed by atoms with Crippen LogP contribution in [0.5, 0.6) is 0 Å². The molecule has 1 N–H and O–H groups in total. The maximum Gasteiger partial charge on any atom is 0.326 e. The number of likely N-dealkylation sites (tertiary alicyclic amines) is 1. The molecule has 18 heavy (non-hydrogen) atoms. The van der Waals surface area contributed by atoms with Crippen LogP contribution in [0.1, 0.15) is 18.4 Å². The predicted molar refractivity (Wildman–Crippen MR) is 57.6 cm³/mol. The summed E-state index contributed by atoms with van der Waals surface area (Å²) < 4.78 is 25.8. The standard InChI is InChI=1S/C12H11F2NO3/c13-8-2-1-7(5-9(8)14)6-15-10(12(17)18)3-4-11(15)16/h1-2,5,10H,3-4,6H2,(H,17,18). The molecular formula is C12H11F2NO3. The van der Waals surface area contributed by atoms with Gasteiger partial charge < -0.3 is 10.0 Å². The summed E-state index contributed by atoms with van der Waals surface area (Å²) in [6, 6.07) is 2.38. The Labute approximate surface area is 102 Å². The van der Waals surface area contributed by atoms with Crippen molar-refractivity contribution in [2.24, 2.45) is 0 Å². The zero-order valence-electron chi connectivity index (χ0n) is 9.40. The number of carbonyl (C=O) groups excluding carboxylic acids is 1. The van der Waals surface area contributed by atoms with Gasteiger partial charge in [-0.25, -0.2) is 13.6 Å². The summed E-state index contributed by atoms with van der Waals surface area (Å²) in [5.74, 6) is -3.34. The van der Waals surface area contributed by atoms with Crippen molar-refractivity contribution in [1.82, 2.24) is 4.90 Å². The molecule has 0 aromatic heterocycles. The number of benzene rings is 1. The zero-order chi connectivity index (χ0) is 13.3. The third-order valence-corrected chi connectivity index (χ3v) is 2.95. The summed E-state index contributed by atoms with van der Waals surface area (Å²) in [7, 11) is 0. The van der Waals surface area contributed by atoms with Crippen molar-refractivity contribution in [3.8, 4) is 0 Å². The topological polar surface area (TPSA) is 57.6 Å². The van der Waals surface area contributed by atoms with Crippen LogP contribution in [0.3, 0.4) is 0 Å². The van der Waals surface area contributed by atoms with E-state index in [1.807, 2.05) is 0 Å². The Morgan fingerprint density at radius 2 is 2.11 bits per heavy atom. The SMILES string of the molecule is O=C(O)C1CCC(=O)N1Cc1ccc(F)c(F)c1. The average molecular weight is 255 g/mol. The van der Waals surface area contributed by atoms with Gasteiger partial charge >= 0.3 is 5.97 Å². The fourth-order valence-corrected chi connectivity index (χ4v) is 2.02. The zero-order valence-corrected chi connectivity index (χ0v) is 9.40. The second-order valence-corrected chi connectivity index (χ2v) is 4.16. The number of hydrogen-bond donors (Lipinski definition) is 1. The second-order valence-electron chi connectivity index (χ2n) is 4.16. The number of halogens is 2. The molecule has 0 spiro atoms. The van der Waals surface area contributed by atoms with E-state index in [9.17, 15) is 18.4 Å². The van der Waals surface area contributed by atoms with Gasteiger partial charge in [0.2, 0.25) is 5.91 Å². The molecular weight excluding hydrogens is 244 g/mol. The first-order valence-electron chi connectivity index (χ1n) is 5.45. The number of hydrogen-bond acceptors (Lipinski definition) is 2. The highest BCUT2D eigenvalue weighted by molar-refractivity contribution is 5.87. The maximum absolute atomic E-state index is 13.0. The summed E-state index contributed by atoms with van der Waals surface area (Å²) in [4.78, 5) is 23.7. The minimum absolute atomic E-state index is 0.0208. The number of carbonyl (C=O) groups is 2. The smallest absolute Gasteiger partial charge is 0.326 e. The lowest BCUT2D eigenvalue weighted by molar-refractivity contribution is -0.146. The summed E-state index contributed by atoms with van der Waals surface area (Å²) in [5.41, 5.74) is 0.371. The summed E-state index contributed by atoms with van der Waals surface area (Å²) >= 11 is 0. The van der Waals surface area contributed by atoms with Gasteiger partial charge in [-0.3, -0.25) is 4.79 Å². The fraction of sp³-hybridized carbons (Fsp3) is 0.333. The normalized spacial score (nSPS) is 19.3. The van der Waals surface area contributed by atoms with Gasteiger partial charge in [-0.2, -0.15) is 0 Å². The van der Waals surface area contributed by atoms with Gasteiger partial charge in [-0.15, -0.1) is 0 Å². The van der Waals surface area contributed by atoms with Crippen LogP contribution in [-0.4, -0.2) is 27.9 Å². The van der Waals surface area contributed by atoms with Crippen molar-refractivity contribution in [2.45, 2.75) is 25.4 Å². The molecule has 0 aliphatic carbocycles. The molecule has 1 amide bonds. The van der Waals surface area contributed by atoms with Crippen molar-refractivity contribution in [2.75, 3.05) is 0 Å². The molecule has 0 radical (unpaired) electrons. The van der Waals surface area contributed by atoms with E-state index in [1.165, 1.54) is 11.0 Å². The van der Waals surface area contributed by atoms with Crippen LogP contribution in [0.15, 0.2) is 18.2 Å². The van der Waals surface area contributed by atoms with Crippen LogP contribution < -0.4 is 0 Å². The maximum atomic E-state index is 13.0. The summed E-state index contributed by atoms with van der Waals surface area (Å²) in [5, 5.41) is 8.95. The molecule has 1 unspecified atom stereocenters. The van der Waals surface area contributed by atoms with E-state index in [0.29, 0.717) is 5.56 Å².